The summed E-state index contributed by atoms with van der Waals surface area (Å²) < 4.78 is 0.738. The number of likely N-dealkylation sites (tertiary alicyclic amines) is 2. The predicted octanol–water partition coefficient (Wildman–Crippen LogP) is 0.858. The third-order valence-corrected chi connectivity index (χ3v) is 11.2. The van der Waals surface area contributed by atoms with Gasteiger partial charge in [-0.3, -0.25) is 29.0 Å². The second-order valence-electron chi connectivity index (χ2n) is 8.20. The normalized spacial score (nSPS) is 24.4. The highest BCUT2D eigenvalue weighted by Gasteiger charge is 2.40. The van der Waals surface area contributed by atoms with Gasteiger partial charge in [-0.2, -0.15) is 0 Å². The summed E-state index contributed by atoms with van der Waals surface area (Å²) in [5, 5.41) is 0. The van der Waals surface area contributed by atoms with Crippen molar-refractivity contribution in [2.45, 2.75) is 37.0 Å². The van der Waals surface area contributed by atoms with Gasteiger partial charge < -0.3 is 4.48 Å². The highest BCUT2D eigenvalue weighted by molar-refractivity contribution is 14.2. The van der Waals surface area contributed by atoms with Crippen LogP contribution in [0.5, 0.6) is 0 Å². The van der Waals surface area contributed by atoms with Gasteiger partial charge in [0.25, 0.3) is 0 Å². The number of imide groups is 2. The molecule has 0 saturated carbocycles. The number of carbonyl (C=O) groups excluding carboxylic acids is 4. The molecule has 0 bridgehead atoms. The molecular weight excluding hydrogens is 636 g/mol. The summed E-state index contributed by atoms with van der Waals surface area (Å²) in [6.45, 7) is 2.65. The van der Waals surface area contributed by atoms with E-state index in [9.17, 15) is 19.2 Å². The Morgan fingerprint density at radius 1 is 1.07 bits per heavy atom. The van der Waals surface area contributed by atoms with Crippen LogP contribution in [-0.4, -0.2) is 102 Å². The number of hydrogen-bond donors (Lipinski definition) is 0. The Kier molecular flexibility index (Phi) is 10.3. The molecule has 2 saturated heterocycles. The van der Waals surface area contributed by atoms with Crippen molar-refractivity contribution in [3.8, 4) is 0 Å². The van der Waals surface area contributed by atoms with Crippen molar-refractivity contribution in [2.24, 2.45) is 0 Å². The molecule has 0 aromatic carbocycles. The summed E-state index contributed by atoms with van der Waals surface area (Å²) in [6.07, 6.45) is 2.26. The zero-order valence-electron chi connectivity index (χ0n) is 17.2. The topological polar surface area (TPSA) is 74.8 Å². The Labute approximate surface area is 203 Å². The van der Waals surface area contributed by atoms with Crippen molar-refractivity contribution >= 4 is 94.4 Å². The van der Waals surface area contributed by atoms with E-state index in [1.165, 1.54) is 9.80 Å². The fraction of sp³-hybridized carbons (Fsp3) is 0.750. The van der Waals surface area contributed by atoms with Gasteiger partial charge >= 0.3 is 0 Å². The van der Waals surface area contributed by atoms with E-state index < -0.39 is 5.44 Å². The van der Waals surface area contributed by atoms with Crippen LogP contribution in [0, 0.1) is 0 Å². The number of halogens is 2. The number of rotatable bonds is 11. The van der Waals surface area contributed by atoms with Gasteiger partial charge in [-0.15, -0.1) is 30.8 Å². The van der Waals surface area contributed by atoms with Crippen LogP contribution in [0.2, 0.25) is 0 Å². The number of amides is 4. The average Bonchev–Trinajstić information content (AvgIpc) is 3.06. The fourth-order valence-electron chi connectivity index (χ4n) is 3.77. The standard InChI is InChI=1S/C16H28B2I2N3O4P2/c1-23(2,7-3-5-21-13(24)9-11(15(21)26)28-18-19)8-4-6-22-14(25)10-12(16(22)27)29(17)20/h11-12,18,28H,3-10,17H2,1-2H3/q+1. The maximum atomic E-state index is 12.4. The molecule has 0 aromatic heterocycles. The van der Waals surface area contributed by atoms with Gasteiger partial charge in [0.1, 0.15) is 7.57 Å². The maximum absolute atomic E-state index is 12.4. The first kappa shape index (κ1) is 25.9. The average molecular weight is 664 g/mol. The van der Waals surface area contributed by atoms with E-state index in [0.717, 1.165) is 35.3 Å². The molecule has 0 radical (unpaired) electrons. The quantitative estimate of drug-likeness (QED) is 0.108. The van der Waals surface area contributed by atoms with Gasteiger partial charge in [0.15, 0.2) is 0 Å². The van der Waals surface area contributed by atoms with E-state index >= 15 is 0 Å². The summed E-state index contributed by atoms with van der Waals surface area (Å²) in [5.41, 5.74) is -0.685. The maximum Gasteiger partial charge on any atom is 0.237 e. The second-order valence-corrected chi connectivity index (χ2v) is 18.1. The van der Waals surface area contributed by atoms with E-state index in [-0.39, 0.29) is 34.9 Å². The summed E-state index contributed by atoms with van der Waals surface area (Å²) in [4.78, 5) is 52.8. The smallest absolute Gasteiger partial charge is 0.237 e. The molecule has 13 heteroatoms. The number of carbonyl (C=O) groups is 4. The fourth-order valence-corrected chi connectivity index (χ4v) is 8.36. The Bertz CT molecular complexity index is 672. The predicted molar refractivity (Wildman–Crippen MR) is 140 cm³/mol. The monoisotopic (exact) mass is 664 g/mol. The van der Waals surface area contributed by atoms with Crippen LogP contribution in [0.1, 0.15) is 25.7 Å². The van der Waals surface area contributed by atoms with Gasteiger partial charge in [0, 0.05) is 38.8 Å². The van der Waals surface area contributed by atoms with Crippen LogP contribution < -0.4 is 0 Å². The van der Waals surface area contributed by atoms with Crippen molar-refractivity contribution in [1.29, 1.82) is 0 Å². The van der Waals surface area contributed by atoms with Crippen LogP contribution in [0.3, 0.4) is 0 Å². The summed E-state index contributed by atoms with van der Waals surface area (Å²) in [6, 6.07) is 0. The van der Waals surface area contributed by atoms with E-state index in [1.807, 2.05) is 7.57 Å². The molecule has 2 heterocycles. The van der Waals surface area contributed by atoms with Crippen molar-refractivity contribution in [2.75, 3.05) is 40.3 Å². The SMILES string of the molecule is BP(I)C1CC(=O)N(CCC[N+](C)(C)CCCN2C(=O)CC(PBI)C2=O)C1=O. The number of quaternary nitrogens is 1. The van der Waals surface area contributed by atoms with Crippen LogP contribution in [0.25, 0.3) is 0 Å². The minimum Gasteiger partial charge on any atom is -0.328 e. The summed E-state index contributed by atoms with van der Waals surface area (Å²) in [7, 11) is 6.78. The molecule has 0 aromatic rings. The first-order valence-corrected chi connectivity index (χ1v) is 17.2. The molecule has 2 rings (SSSR count). The molecule has 0 N–H and O–H groups in total. The van der Waals surface area contributed by atoms with Crippen LogP contribution in [0.15, 0.2) is 0 Å². The minimum atomic E-state index is -0.463. The largest absolute Gasteiger partial charge is 0.328 e. The van der Waals surface area contributed by atoms with E-state index in [0.29, 0.717) is 34.4 Å². The van der Waals surface area contributed by atoms with Crippen molar-refractivity contribution in [3.05, 3.63) is 0 Å². The van der Waals surface area contributed by atoms with Crippen molar-refractivity contribution < 1.29 is 23.7 Å². The molecule has 29 heavy (non-hydrogen) atoms. The van der Waals surface area contributed by atoms with E-state index in [1.54, 1.807) is 0 Å². The summed E-state index contributed by atoms with van der Waals surface area (Å²) >= 11 is 4.54. The highest BCUT2D eigenvalue weighted by atomic mass is 127. The molecule has 7 nitrogen and oxygen atoms in total. The van der Waals surface area contributed by atoms with E-state index in [2.05, 4.69) is 58.5 Å². The lowest BCUT2D eigenvalue weighted by Gasteiger charge is -2.31. The van der Waals surface area contributed by atoms with Gasteiger partial charge in [-0.1, -0.05) is 27.5 Å². The Morgan fingerprint density at radius 3 is 2.07 bits per heavy atom. The lowest BCUT2D eigenvalue weighted by molar-refractivity contribution is -0.890. The van der Waals surface area contributed by atoms with Crippen LogP contribution >= 0.6 is 58.3 Å². The van der Waals surface area contributed by atoms with Crippen molar-refractivity contribution in [1.82, 2.24) is 9.80 Å². The molecule has 4 unspecified atom stereocenters. The molecule has 160 valence electrons. The van der Waals surface area contributed by atoms with E-state index in [4.69, 9.17) is 0 Å². The number of nitrogens with zero attached hydrogens (tertiary/aromatic N) is 3. The Balaban J connectivity index is 1.74. The Morgan fingerprint density at radius 2 is 1.59 bits per heavy atom. The summed E-state index contributed by atoms with van der Waals surface area (Å²) in [5.74, 6) is -0.0724. The minimum absolute atomic E-state index is 0.00191. The highest BCUT2D eigenvalue weighted by Crippen LogP contribution is 2.49. The first-order valence-electron chi connectivity index (χ1n) is 9.76. The van der Waals surface area contributed by atoms with Crippen LogP contribution in [0.4, 0.5) is 0 Å². The zero-order valence-corrected chi connectivity index (χ0v) is 23.4. The lowest BCUT2D eigenvalue weighted by Crippen LogP contribution is -2.44. The van der Waals surface area contributed by atoms with Gasteiger partial charge in [-0.25, -0.2) is 0 Å². The third-order valence-electron chi connectivity index (χ3n) is 5.51. The first-order chi connectivity index (χ1) is 13.6. The Hall–Kier alpha value is 0.690. The van der Waals surface area contributed by atoms with Gasteiger partial charge in [0.05, 0.1) is 38.5 Å². The number of hydrogen-bond acceptors (Lipinski definition) is 4. The molecule has 0 spiro atoms. The second kappa shape index (κ2) is 11.5. The molecular formula is C16H28B2I2N3O4P2+. The molecule has 2 fully saturated rings. The lowest BCUT2D eigenvalue weighted by atomic mass is 10.3. The third kappa shape index (κ3) is 7.09. The van der Waals surface area contributed by atoms with Gasteiger partial charge in [0.2, 0.25) is 28.5 Å². The van der Waals surface area contributed by atoms with Crippen molar-refractivity contribution in [3.63, 3.8) is 0 Å². The molecule has 4 atom stereocenters. The molecule has 0 aliphatic carbocycles. The zero-order chi connectivity index (χ0) is 21.8. The molecule has 4 amide bonds. The molecule has 2 aliphatic rings. The van der Waals surface area contributed by atoms with Gasteiger partial charge in [-0.05, 0) is 0 Å². The molecule has 2 aliphatic heterocycles. The van der Waals surface area contributed by atoms with Crippen LogP contribution in [-0.2, 0) is 19.2 Å².